The van der Waals surface area contributed by atoms with Gasteiger partial charge in [-0.25, -0.2) is 4.98 Å². The normalized spacial score (nSPS) is 15.6. The van der Waals surface area contributed by atoms with E-state index in [-0.39, 0.29) is 29.1 Å². The zero-order chi connectivity index (χ0) is 23.2. The number of hydrogen-bond donors (Lipinski definition) is 1. The molecule has 1 unspecified atom stereocenters. The van der Waals surface area contributed by atoms with Crippen LogP contribution < -0.4 is 10.9 Å². The smallest absolute Gasteiger partial charge is 0.262 e. The second-order valence-corrected chi connectivity index (χ2v) is 8.99. The fourth-order valence-corrected chi connectivity index (χ4v) is 4.72. The van der Waals surface area contributed by atoms with Crippen LogP contribution in [-0.2, 0) is 16.1 Å². The number of thioether (sulfide) groups is 1. The fourth-order valence-electron chi connectivity index (χ4n) is 3.81. The average Bonchev–Trinajstić information content (AvgIpc) is 3.33. The standard InChI is InChI=1S/C25H27N3O4S/c1-2-6-23(30)26-18-12-10-17(11-13-18)22(29)16-33-25-27-21-9-4-3-8-20(21)24(31)28(25)15-19-7-5-14-32-19/h3-4,8-13,19H,2,5-7,14-16H2,1H3,(H,26,30). The molecule has 1 aliphatic rings. The lowest BCUT2D eigenvalue weighted by atomic mass is 10.1. The van der Waals surface area contributed by atoms with Crippen LogP contribution in [-0.4, -0.2) is 39.7 Å². The van der Waals surface area contributed by atoms with Crippen LogP contribution in [0.2, 0.25) is 0 Å². The Labute approximate surface area is 196 Å². The first kappa shape index (κ1) is 23.2. The summed E-state index contributed by atoms with van der Waals surface area (Å²) in [6.45, 7) is 3.08. The summed E-state index contributed by atoms with van der Waals surface area (Å²) >= 11 is 1.26. The second kappa shape index (κ2) is 10.8. The third-order valence-corrected chi connectivity index (χ3v) is 6.51. The number of para-hydroxylation sites is 1. The van der Waals surface area contributed by atoms with Crippen LogP contribution in [0.15, 0.2) is 58.5 Å². The van der Waals surface area contributed by atoms with Gasteiger partial charge in [-0.15, -0.1) is 0 Å². The van der Waals surface area contributed by atoms with Gasteiger partial charge >= 0.3 is 0 Å². The summed E-state index contributed by atoms with van der Waals surface area (Å²) in [4.78, 5) is 42.4. The molecule has 1 fully saturated rings. The Hall–Kier alpha value is -2.97. The van der Waals surface area contributed by atoms with E-state index in [9.17, 15) is 14.4 Å². The number of hydrogen-bond acceptors (Lipinski definition) is 6. The molecule has 4 rings (SSSR count). The Balaban J connectivity index is 1.50. The molecule has 1 N–H and O–H groups in total. The minimum atomic E-state index is -0.113. The number of nitrogens with one attached hydrogen (secondary N) is 1. The Morgan fingerprint density at radius 2 is 1.97 bits per heavy atom. The first-order chi connectivity index (χ1) is 16.0. The molecule has 7 nitrogen and oxygen atoms in total. The Morgan fingerprint density at radius 3 is 2.70 bits per heavy atom. The van der Waals surface area contributed by atoms with E-state index >= 15 is 0 Å². The van der Waals surface area contributed by atoms with Crippen molar-refractivity contribution in [3.8, 4) is 0 Å². The maximum absolute atomic E-state index is 13.2. The van der Waals surface area contributed by atoms with E-state index in [1.54, 1.807) is 34.9 Å². The molecule has 2 heterocycles. The van der Waals surface area contributed by atoms with Gasteiger partial charge in [-0.3, -0.25) is 19.0 Å². The highest BCUT2D eigenvalue weighted by atomic mass is 32.2. The van der Waals surface area contributed by atoms with E-state index in [1.807, 2.05) is 25.1 Å². The van der Waals surface area contributed by atoms with Crippen LogP contribution in [0.3, 0.4) is 0 Å². The number of Topliss-reactive ketones (excluding diaryl/α,β-unsaturated/α-hetero) is 1. The number of rotatable bonds is 9. The van der Waals surface area contributed by atoms with Crippen molar-refractivity contribution in [3.05, 3.63) is 64.4 Å². The van der Waals surface area contributed by atoms with Gasteiger partial charge in [0.2, 0.25) is 5.91 Å². The molecule has 172 valence electrons. The highest BCUT2D eigenvalue weighted by Crippen LogP contribution is 2.22. The summed E-state index contributed by atoms with van der Waals surface area (Å²) in [5.41, 5.74) is 1.72. The zero-order valence-electron chi connectivity index (χ0n) is 18.6. The molecule has 0 radical (unpaired) electrons. The van der Waals surface area contributed by atoms with Gasteiger partial charge in [0.1, 0.15) is 0 Å². The maximum Gasteiger partial charge on any atom is 0.262 e. The van der Waals surface area contributed by atoms with Crippen molar-refractivity contribution < 1.29 is 14.3 Å². The predicted octanol–water partition coefficient (Wildman–Crippen LogP) is 4.29. The van der Waals surface area contributed by atoms with E-state index in [2.05, 4.69) is 10.3 Å². The van der Waals surface area contributed by atoms with E-state index in [4.69, 9.17) is 4.74 Å². The highest BCUT2D eigenvalue weighted by molar-refractivity contribution is 7.99. The van der Waals surface area contributed by atoms with Crippen LogP contribution in [0.5, 0.6) is 0 Å². The number of ether oxygens (including phenoxy) is 1. The SMILES string of the molecule is CCCC(=O)Nc1ccc(C(=O)CSc2nc3ccccc3c(=O)n2CC2CCCO2)cc1. The summed E-state index contributed by atoms with van der Waals surface area (Å²) in [6.07, 6.45) is 3.11. The first-order valence-corrected chi connectivity index (χ1v) is 12.2. The molecule has 1 aromatic heterocycles. The van der Waals surface area contributed by atoms with E-state index < -0.39 is 0 Å². The van der Waals surface area contributed by atoms with Crippen LogP contribution in [0.4, 0.5) is 5.69 Å². The summed E-state index contributed by atoms with van der Waals surface area (Å²) in [6, 6.07) is 14.1. The van der Waals surface area contributed by atoms with Crippen molar-refractivity contribution in [2.45, 2.75) is 50.4 Å². The lowest BCUT2D eigenvalue weighted by Gasteiger charge is -2.16. The second-order valence-electron chi connectivity index (χ2n) is 8.05. The van der Waals surface area contributed by atoms with Gasteiger partial charge in [0.15, 0.2) is 10.9 Å². The maximum atomic E-state index is 13.2. The minimum Gasteiger partial charge on any atom is -0.376 e. The first-order valence-electron chi connectivity index (χ1n) is 11.2. The van der Waals surface area contributed by atoms with Crippen LogP contribution in [0.25, 0.3) is 10.9 Å². The third kappa shape index (κ3) is 5.69. The molecule has 33 heavy (non-hydrogen) atoms. The number of ketones is 1. The predicted molar refractivity (Wildman–Crippen MR) is 130 cm³/mol. The van der Waals surface area contributed by atoms with Gasteiger partial charge in [-0.05, 0) is 55.7 Å². The summed E-state index contributed by atoms with van der Waals surface area (Å²) < 4.78 is 7.38. The van der Waals surface area contributed by atoms with Crippen molar-refractivity contribution in [1.82, 2.24) is 9.55 Å². The van der Waals surface area contributed by atoms with Crippen molar-refractivity contribution >= 4 is 40.0 Å². The van der Waals surface area contributed by atoms with Crippen LogP contribution in [0.1, 0.15) is 43.0 Å². The topological polar surface area (TPSA) is 90.3 Å². The molecule has 1 aliphatic heterocycles. The third-order valence-electron chi connectivity index (χ3n) is 5.54. The number of benzene rings is 2. The van der Waals surface area contributed by atoms with Gasteiger partial charge < -0.3 is 10.1 Å². The van der Waals surface area contributed by atoms with Gasteiger partial charge in [-0.1, -0.05) is 30.8 Å². The largest absolute Gasteiger partial charge is 0.376 e. The Bertz CT molecular complexity index is 1200. The Kier molecular flexibility index (Phi) is 7.57. The molecular weight excluding hydrogens is 438 g/mol. The lowest BCUT2D eigenvalue weighted by Crippen LogP contribution is -2.29. The monoisotopic (exact) mass is 465 g/mol. The zero-order valence-corrected chi connectivity index (χ0v) is 19.4. The number of carbonyl (C=O) groups is 2. The minimum absolute atomic E-state index is 0.0174. The summed E-state index contributed by atoms with van der Waals surface area (Å²) in [5, 5.41) is 3.90. The molecule has 0 bridgehead atoms. The number of anilines is 1. The number of carbonyl (C=O) groups excluding carboxylic acids is 2. The molecular formula is C25H27N3O4S. The average molecular weight is 466 g/mol. The number of fused-ring (bicyclic) bond motifs is 1. The van der Waals surface area contributed by atoms with Gasteiger partial charge in [0.25, 0.3) is 5.56 Å². The number of aromatic nitrogens is 2. The van der Waals surface area contributed by atoms with E-state index in [0.29, 0.717) is 46.9 Å². The van der Waals surface area contributed by atoms with Crippen LogP contribution in [0, 0.1) is 0 Å². The lowest BCUT2D eigenvalue weighted by molar-refractivity contribution is -0.116. The molecule has 1 amide bonds. The summed E-state index contributed by atoms with van der Waals surface area (Å²) in [5.74, 6) is 0.0360. The van der Waals surface area contributed by atoms with Gasteiger partial charge in [-0.2, -0.15) is 0 Å². The molecule has 2 aromatic carbocycles. The highest BCUT2D eigenvalue weighted by Gasteiger charge is 2.21. The van der Waals surface area contributed by atoms with Crippen molar-refractivity contribution in [2.24, 2.45) is 0 Å². The molecule has 0 aliphatic carbocycles. The molecule has 0 spiro atoms. The van der Waals surface area contributed by atoms with Crippen molar-refractivity contribution in [3.63, 3.8) is 0 Å². The molecule has 0 saturated carbocycles. The van der Waals surface area contributed by atoms with Gasteiger partial charge in [0.05, 0.1) is 29.3 Å². The fraction of sp³-hybridized carbons (Fsp3) is 0.360. The Morgan fingerprint density at radius 1 is 1.18 bits per heavy atom. The van der Waals surface area contributed by atoms with E-state index in [0.717, 1.165) is 19.3 Å². The van der Waals surface area contributed by atoms with Gasteiger partial charge in [0, 0.05) is 24.3 Å². The van der Waals surface area contributed by atoms with E-state index in [1.165, 1.54) is 11.8 Å². The van der Waals surface area contributed by atoms with Crippen molar-refractivity contribution in [2.75, 3.05) is 17.7 Å². The molecule has 1 atom stereocenters. The molecule has 8 heteroatoms. The van der Waals surface area contributed by atoms with Crippen molar-refractivity contribution in [1.29, 1.82) is 0 Å². The number of amides is 1. The van der Waals surface area contributed by atoms with Crippen LogP contribution >= 0.6 is 11.8 Å². The quantitative estimate of drug-likeness (QED) is 0.288. The molecule has 3 aromatic rings. The summed E-state index contributed by atoms with van der Waals surface area (Å²) in [7, 11) is 0. The number of nitrogens with zero attached hydrogens (tertiary/aromatic N) is 2. The molecule has 1 saturated heterocycles.